The molecule has 0 unspecified atom stereocenters. The lowest BCUT2D eigenvalue weighted by molar-refractivity contribution is -0.127. The van der Waals surface area contributed by atoms with Crippen LogP contribution >= 0.6 is 11.8 Å². The number of hydrogen-bond acceptors (Lipinski definition) is 5. The molecule has 0 aliphatic carbocycles. The van der Waals surface area contributed by atoms with Crippen LogP contribution in [0.2, 0.25) is 0 Å². The molecule has 0 saturated carbocycles. The van der Waals surface area contributed by atoms with Gasteiger partial charge in [0, 0.05) is 11.8 Å². The molecule has 1 saturated heterocycles. The van der Waals surface area contributed by atoms with Crippen molar-refractivity contribution in [2.75, 3.05) is 11.9 Å². The van der Waals surface area contributed by atoms with Crippen molar-refractivity contribution in [3.63, 3.8) is 0 Å². The molecule has 2 heterocycles. The number of imide groups is 1. The number of amides is 3. The van der Waals surface area contributed by atoms with Gasteiger partial charge in [0.1, 0.15) is 18.1 Å². The second-order valence-corrected chi connectivity index (χ2v) is 6.62. The third-order valence-corrected chi connectivity index (χ3v) is 4.45. The van der Waals surface area contributed by atoms with Gasteiger partial charge in [-0.05, 0) is 49.9 Å². The maximum absolute atomic E-state index is 12.4. The van der Waals surface area contributed by atoms with Crippen molar-refractivity contribution in [2.24, 2.45) is 0 Å². The van der Waals surface area contributed by atoms with Crippen LogP contribution < -0.4 is 5.32 Å². The molecule has 1 aromatic carbocycles. The average molecular weight is 356 g/mol. The minimum Gasteiger partial charge on any atom is -0.462 e. The smallest absolute Gasteiger partial charge is 0.294 e. The van der Waals surface area contributed by atoms with Crippen LogP contribution in [0.4, 0.5) is 10.5 Å². The Morgan fingerprint density at radius 1 is 1.16 bits per heavy atom. The van der Waals surface area contributed by atoms with Crippen molar-refractivity contribution in [3.05, 3.63) is 58.4 Å². The third-order valence-electron chi connectivity index (χ3n) is 3.55. The molecule has 0 spiro atoms. The Kier molecular flexibility index (Phi) is 4.76. The lowest BCUT2D eigenvalue weighted by atomic mass is 10.2. The molecule has 7 heteroatoms. The topological polar surface area (TPSA) is 79.6 Å². The Morgan fingerprint density at radius 2 is 1.88 bits per heavy atom. The summed E-state index contributed by atoms with van der Waals surface area (Å²) in [5, 5.41) is 2.20. The van der Waals surface area contributed by atoms with E-state index < -0.39 is 17.1 Å². The average Bonchev–Trinajstić information content (AvgIpc) is 3.08. The van der Waals surface area contributed by atoms with Gasteiger partial charge in [0.15, 0.2) is 0 Å². The van der Waals surface area contributed by atoms with Crippen LogP contribution in [0.3, 0.4) is 0 Å². The predicted molar refractivity (Wildman–Crippen MR) is 95.9 cm³/mol. The molecule has 2 aromatic rings. The first-order valence-electron chi connectivity index (χ1n) is 7.61. The minimum absolute atomic E-state index is 0.238. The molecule has 1 aromatic heterocycles. The van der Waals surface area contributed by atoms with Crippen LogP contribution in [-0.2, 0) is 9.59 Å². The Labute approximate surface area is 148 Å². The molecular weight excluding hydrogens is 340 g/mol. The SMILES string of the molecule is Cc1ccc(NC(=O)CN2C(=O)SC(=Cc3ccc(C)o3)C2=O)cc1. The molecule has 0 radical (unpaired) electrons. The number of thioether (sulfide) groups is 1. The number of nitrogens with one attached hydrogen (secondary N) is 1. The maximum Gasteiger partial charge on any atom is 0.294 e. The summed E-state index contributed by atoms with van der Waals surface area (Å²) >= 11 is 0.795. The summed E-state index contributed by atoms with van der Waals surface area (Å²) in [5.74, 6) is 0.277. The number of carbonyl (C=O) groups excluding carboxylic acids is 3. The van der Waals surface area contributed by atoms with E-state index in [9.17, 15) is 14.4 Å². The van der Waals surface area contributed by atoms with E-state index in [-0.39, 0.29) is 11.4 Å². The van der Waals surface area contributed by atoms with Crippen molar-refractivity contribution in [1.82, 2.24) is 4.90 Å². The molecule has 1 aliphatic rings. The summed E-state index contributed by atoms with van der Waals surface area (Å²) in [6.07, 6.45) is 1.51. The summed E-state index contributed by atoms with van der Waals surface area (Å²) in [5.41, 5.74) is 1.69. The number of benzene rings is 1. The zero-order valence-electron chi connectivity index (χ0n) is 13.7. The van der Waals surface area contributed by atoms with Gasteiger partial charge in [-0.25, -0.2) is 0 Å². The summed E-state index contributed by atoms with van der Waals surface area (Å²) in [6, 6.07) is 10.7. The Hall–Kier alpha value is -2.80. The number of aryl methyl sites for hydroxylation is 2. The van der Waals surface area contributed by atoms with E-state index in [0.29, 0.717) is 17.2 Å². The zero-order chi connectivity index (χ0) is 18.0. The van der Waals surface area contributed by atoms with Gasteiger partial charge in [0.25, 0.3) is 11.1 Å². The van der Waals surface area contributed by atoms with Gasteiger partial charge in [-0.2, -0.15) is 0 Å². The summed E-state index contributed by atoms with van der Waals surface area (Å²) in [4.78, 5) is 37.7. The van der Waals surface area contributed by atoms with Crippen molar-refractivity contribution < 1.29 is 18.8 Å². The highest BCUT2D eigenvalue weighted by Gasteiger charge is 2.36. The summed E-state index contributed by atoms with van der Waals surface area (Å²) in [7, 11) is 0. The highest BCUT2D eigenvalue weighted by molar-refractivity contribution is 8.18. The molecule has 1 N–H and O–H groups in total. The van der Waals surface area contributed by atoms with Crippen LogP contribution in [0.15, 0.2) is 45.7 Å². The third kappa shape index (κ3) is 4.00. The van der Waals surface area contributed by atoms with Crippen LogP contribution in [0.1, 0.15) is 17.1 Å². The molecule has 25 heavy (non-hydrogen) atoms. The number of anilines is 1. The van der Waals surface area contributed by atoms with Crippen molar-refractivity contribution in [1.29, 1.82) is 0 Å². The number of nitrogens with zero attached hydrogens (tertiary/aromatic N) is 1. The maximum atomic E-state index is 12.4. The van der Waals surface area contributed by atoms with E-state index >= 15 is 0 Å². The number of hydrogen-bond donors (Lipinski definition) is 1. The zero-order valence-corrected chi connectivity index (χ0v) is 14.6. The van der Waals surface area contributed by atoms with Gasteiger partial charge in [0.05, 0.1) is 4.91 Å². The van der Waals surface area contributed by atoms with E-state index in [2.05, 4.69) is 5.32 Å². The first kappa shape index (κ1) is 17.0. The number of rotatable bonds is 4. The van der Waals surface area contributed by atoms with E-state index in [0.717, 1.165) is 22.2 Å². The molecule has 3 rings (SSSR count). The minimum atomic E-state index is -0.497. The predicted octanol–water partition coefficient (Wildman–Crippen LogP) is 3.57. The van der Waals surface area contributed by atoms with Crippen molar-refractivity contribution >= 4 is 40.6 Å². The fraction of sp³-hybridized carbons (Fsp3) is 0.167. The molecule has 6 nitrogen and oxygen atoms in total. The standard InChI is InChI=1S/C18H16N2O4S/c1-11-3-6-13(7-4-11)19-16(21)10-20-17(22)15(25-18(20)23)9-14-8-5-12(2)24-14/h3-9H,10H2,1-2H3,(H,19,21). The number of carbonyl (C=O) groups is 3. The molecule has 3 amide bonds. The number of furan rings is 1. The molecule has 0 atom stereocenters. The van der Waals surface area contributed by atoms with Crippen LogP contribution in [-0.4, -0.2) is 28.5 Å². The Bertz CT molecular complexity index is 867. The second kappa shape index (κ2) is 6.98. The first-order valence-corrected chi connectivity index (χ1v) is 8.42. The van der Waals surface area contributed by atoms with Gasteiger partial charge >= 0.3 is 0 Å². The largest absolute Gasteiger partial charge is 0.462 e. The highest BCUT2D eigenvalue weighted by Crippen LogP contribution is 2.32. The Balaban J connectivity index is 1.67. The normalized spacial score (nSPS) is 15.9. The summed E-state index contributed by atoms with van der Waals surface area (Å²) < 4.78 is 5.38. The van der Waals surface area contributed by atoms with Gasteiger partial charge in [-0.3, -0.25) is 19.3 Å². The van der Waals surface area contributed by atoms with Gasteiger partial charge in [-0.1, -0.05) is 17.7 Å². The summed E-state index contributed by atoms with van der Waals surface area (Å²) in [6.45, 7) is 3.41. The monoisotopic (exact) mass is 356 g/mol. The quantitative estimate of drug-likeness (QED) is 0.847. The van der Waals surface area contributed by atoms with Gasteiger partial charge < -0.3 is 9.73 Å². The fourth-order valence-corrected chi connectivity index (χ4v) is 3.10. The second-order valence-electron chi connectivity index (χ2n) is 5.63. The van der Waals surface area contributed by atoms with E-state index in [1.54, 1.807) is 31.2 Å². The highest BCUT2D eigenvalue weighted by atomic mass is 32.2. The van der Waals surface area contributed by atoms with Crippen LogP contribution in [0, 0.1) is 13.8 Å². The lowest BCUT2D eigenvalue weighted by Gasteiger charge is -2.12. The van der Waals surface area contributed by atoms with Gasteiger partial charge in [0.2, 0.25) is 5.91 Å². The van der Waals surface area contributed by atoms with Crippen LogP contribution in [0.5, 0.6) is 0 Å². The first-order chi connectivity index (χ1) is 11.9. The molecule has 128 valence electrons. The van der Waals surface area contributed by atoms with E-state index in [4.69, 9.17) is 4.42 Å². The van der Waals surface area contributed by atoms with Crippen molar-refractivity contribution in [2.45, 2.75) is 13.8 Å². The van der Waals surface area contributed by atoms with Crippen molar-refractivity contribution in [3.8, 4) is 0 Å². The molecule has 1 fully saturated rings. The van der Waals surface area contributed by atoms with Crippen LogP contribution in [0.25, 0.3) is 6.08 Å². The fourth-order valence-electron chi connectivity index (χ4n) is 2.28. The molecule has 1 aliphatic heterocycles. The van der Waals surface area contributed by atoms with E-state index in [1.807, 2.05) is 19.1 Å². The van der Waals surface area contributed by atoms with Gasteiger partial charge in [-0.15, -0.1) is 0 Å². The Morgan fingerprint density at radius 3 is 2.52 bits per heavy atom. The lowest BCUT2D eigenvalue weighted by Crippen LogP contribution is -2.36. The molecular formula is C18H16N2O4S. The molecule has 0 bridgehead atoms. The van der Waals surface area contributed by atoms with E-state index in [1.165, 1.54) is 6.08 Å².